The summed E-state index contributed by atoms with van der Waals surface area (Å²) < 4.78 is 38.0. The lowest BCUT2D eigenvalue weighted by Crippen LogP contribution is -2.21. The van der Waals surface area contributed by atoms with Crippen molar-refractivity contribution < 1.29 is 18.0 Å². The molecule has 0 aliphatic carbocycles. The number of fused-ring (bicyclic) bond motifs is 1. The third-order valence-corrected chi connectivity index (χ3v) is 3.30. The summed E-state index contributed by atoms with van der Waals surface area (Å²) in [5.74, 6) is -0.675. The predicted octanol–water partition coefficient (Wildman–Crippen LogP) is 3.13. The average molecular weight is 321 g/mol. The largest absolute Gasteiger partial charge is 0.417 e. The van der Waals surface area contributed by atoms with E-state index in [0.717, 1.165) is 5.39 Å². The minimum absolute atomic E-state index is 0.219. The van der Waals surface area contributed by atoms with Gasteiger partial charge in [0.15, 0.2) is 0 Å². The van der Waals surface area contributed by atoms with Crippen LogP contribution in [-0.4, -0.2) is 15.9 Å². The first-order valence-corrected chi connectivity index (χ1v) is 6.53. The summed E-state index contributed by atoms with van der Waals surface area (Å²) in [5, 5.41) is 3.09. The summed E-state index contributed by atoms with van der Waals surface area (Å²) >= 11 is 0. The molecule has 0 aliphatic heterocycles. The van der Waals surface area contributed by atoms with E-state index >= 15 is 0 Å². The molecule has 1 amide bonds. The molecule has 23 heavy (non-hydrogen) atoms. The molecular formula is C15H10F3N3O2. The molecular weight excluding hydrogens is 311 g/mol. The Hall–Kier alpha value is -3.03. The smallest absolute Gasteiger partial charge is 0.361 e. The highest BCUT2D eigenvalue weighted by atomic mass is 19.4. The van der Waals surface area contributed by atoms with Crippen LogP contribution >= 0.6 is 0 Å². The SMILES string of the molecule is O=C(Nc1cc(C(F)(F)F)c[nH]c1=O)c1ccc2cc[nH]c2c1. The lowest BCUT2D eigenvalue weighted by atomic mass is 10.1. The van der Waals surface area contributed by atoms with Gasteiger partial charge >= 0.3 is 6.18 Å². The molecule has 3 aromatic rings. The van der Waals surface area contributed by atoms with Gasteiger partial charge in [-0.3, -0.25) is 9.59 Å². The molecule has 0 atom stereocenters. The molecule has 118 valence electrons. The second-order valence-corrected chi connectivity index (χ2v) is 4.86. The van der Waals surface area contributed by atoms with Gasteiger partial charge in [-0.05, 0) is 29.7 Å². The number of anilines is 1. The van der Waals surface area contributed by atoms with E-state index in [1.54, 1.807) is 18.3 Å². The van der Waals surface area contributed by atoms with Gasteiger partial charge in [0.25, 0.3) is 11.5 Å². The number of aromatic amines is 2. The van der Waals surface area contributed by atoms with Crippen LogP contribution in [0.2, 0.25) is 0 Å². The molecule has 2 heterocycles. The van der Waals surface area contributed by atoms with Crippen molar-refractivity contribution in [3.05, 3.63) is 64.2 Å². The first kappa shape index (κ1) is 14.9. The number of nitrogens with one attached hydrogen (secondary N) is 3. The number of aromatic nitrogens is 2. The summed E-state index contributed by atoms with van der Waals surface area (Å²) in [5.41, 5.74) is -1.40. The number of halogens is 3. The molecule has 1 aromatic carbocycles. The fraction of sp³-hybridized carbons (Fsp3) is 0.0667. The van der Waals surface area contributed by atoms with Crippen LogP contribution in [0.25, 0.3) is 10.9 Å². The summed E-state index contributed by atoms with van der Waals surface area (Å²) in [6.07, 6.45) is -2.36. The van der Waals surface area contributed by atoms with Crippen LogP contribution in [0.1, 0.15) is 15.9 Å². The van der Waals surface area contributed by atoms with Gasteiger partial charge in [-0.1, -0.05) is 6.07 Å². The summed E-state index contributed by atoms with van der Waals surface area (Å²) in [6, 6.07) is 7.18. The van der Waals surface area contributed by atoms with Crippen molar-refractivity contribution >= 4 is 22.5 Å². The fourth-order valence-electron chi connectivity index (χ4n) is 2.12. The van der Waals surface area contributed by atoms with Gasteiger partial charge in [0.1, 0.15) is 5.69 Å². The van der Waals surface area contributed by atoms with Crippen molar-refractivity contribution in [2.24, 2.45) is 0 Å². The first-order chi connectivity index (χ1) is 10.8. The Morgan fingerprint density at radius 3 is 2.61 bits per heavy atom. The number of H-pyrrole nitrogens is 2. The number of amides is 1. The van der Waals surface area contributed by atoms with Crippen LogP contribution < -0.4 is 10.9 Å². The Morgan fingerprint density at radius 2 is 1.87 bits per heavy atom. The lowest BCUT2D eigenvalue weighted by Gasteiger charge is -2.09. The number of carbonyl (C=O) groups is 1. The highest BCUT2D eigenvalue weighted by Gasteiger charge is 2.31. The van der Waals surface area contributed by atoms with E-state index in [-0.39, 0.29) is 5.56 Å². The molecule has 0 saturated carbocycles. The van der Waals surface area contributed by atoms with E-state index in [9.17, 15) is 22.8 Å². The maximum absolute atomic E-state index is 12.7. The van der Waals surface area contributed by atoms with Gasteiger partial charge in [-0.15, -0.1) is 0 Å². The van der Waals surface area contributed by atoms with Gasteiger partial charge < -0.3 is 15.3 Å². The maximum atomic E-state index is 12.7. The number of rotatable bonds is 2. The van der Waals surface area contributed by atoms with Gasteiger partial charge in [0.05, 0.1) is 5.56 Å². The Bertz CT molecular complexity index is 941. The monoisotopic (exact) mass is 321 g/mol. The molecule has 0 spiro atoms. The van der Waals surface area contributed by atoms with E-state index in [1.807, 2.05) is 11.1 Å². The molecule has 0 unspecified atom stereocenters. The van der Waals surface area contributed by atoms with Crippen LogP contribution in [0.3, 0.4) is 0 Å². The van der Waals surface area contributed by atoms with Crippen LogP contribution in [0.15, 0.2) is 47.5 Å². The number of benzene rings is 1. The zero-order valence-corrected chi connectivity index (χ0v) is 11.5. The normalized spacial score (nSPS) is 11.6. The molecule has 3 rings (SSSR count). The van der Waals surface area contributed by atoms with Gasteiger partial charge in [0, 0.05) is 23.5 Å². The Labute approximate surface area is 127 Å². The Balaban J connectivity index is 1.91. The minimum atomic E-state index is -4.62. The van der Waals surface area contributed by atoms with Crippen LogP contribution in [0, 0.1) is 0 Å². The number of hydrogen-bond acceptors (Lipinski definition) is 2. The Kier molecular flexibility index (Phi) is 3.44. The molecule has 2 aromatic heterocycles. The Morgan fingerprint density at radius 1 is 1.09 bits per heavy atom. The molecule has 0 fully saturated rings. The highest BCUT2D eigenvalue weighted by Crippen LogP contribution is 2.29. The molecule has 0 saturated heterocycles. The molecule has 0 bridgehead atoms. The van der Waals surface area contributed by atoms with Crippen molar-refractivity contribution in [1.29, 1.82) is 0 Å². The minimum Gasteiger partial charge on any atom is -0.361 e. The van der Waals surface area contributed by atoms with E-state index in [1.165, 1.54) is 6.07 Å². The van der Waals surface area contributed by atoms with Crippen molar-refractivity contribution in [2.45, 2.75) is 6.18 Å². The summed E-state index contributed by atoms with van der Waals surface area (Å²) in [6.45, 7) is 0. The predicted molar refractivity (Wildman–Crippen MR) is 78.3 cm³/mol. The third-order valence-electron chi connectivity index (χ3n) is 3.30. The van der Waals surface area contributed by atoms with Crippen LogP contribution in [-0.2, 0) is 6.18 Å². The van der Waals surface area contributed by atoms with E-state index in [4.69, 9.17) is 0 Å². The lowest BCUT2D eigenvalue weighted by molar-refractivity contribution is -0.137. The number of carbonyl (C=O) groups excluding carboxylic acids is 1. The molecule has 8 heteroatoms. The van der Waals surface area contributed by atoms with E-state index in [0.29, 0.717) is 17.8 Å². The number of alkyl halides is 3. The standard InChI is InChI=1S/C15H10F3N3O2/c16-15(17,18)10-6-12(14(23)20-7-10)21-13(22)9-2-1-8-3-4-19-11(8)5-9/h1-7,19H,(H,20,23)(H,21,22). The van der Waals surface area contributed by atoms with Crippen LogP contribution in [0.5, 0.6) is 0 Å². The number of hydrogen-bond donors (Lipinski definition) is 3. The van der Waals surface area contributed by atoms with Crippen molar-refractivity contribution in [2.75, 3.05) is 5.32 Å². The van der Waals surface area contributed by atoms with Crippen molar-refractivity contribution in [3.8, 4) is 0 Å². The zero-order valence-electron chi connectivity index (χ0n) is 11.5. The number of pyridine rings is 1. The van der Waals surface area contributed by atoms with Crippen molar-refractivity contribution in [3.63, 3.8) is 0 Å². The quantitative estimate of drug-likeness (QED) is 0.678. The summed E-state index contributed by atoms with van der Waals surface area (Å²) in [4.78, 5) is 28.6. The molecule has 0 aliphatic rings. The molecule has 0 radical (unpaired) electrons. The van der Waals surface area contributed by atoms with Crippen molar-refractivity contribution in [1.82, 2.24) is 9.97 Å². The topological polar surface area (TPSA) is 77.8 Å². The first-order valence-electron chi connectivity index (χ1n) is 6.53. The van der Waals surface area contributed by atoms with Gasteiger partial charge in [-0.2, -0.15) is 13.2 Å². The van der Waals surface area contributed by atoms with E-state index < -0.39 is 28.9 Å². The second-order valence-electron chi connectivity index (χ2n) is 4.86. The maximum Gasteiger partial charge on any atom is 0.417 e. The third kappa shape index (κ3) is 2.96. The zero-order chi connectivity index (χ0) is 16.6. The average Bonchev–Trinajstić information content (AvgIpc) is 2.95. The molecule has 3 N–H and O–H groups in total. The highest BCUT2D eigenvalue weighted by molar-refractivity contribution is 6.06. The van der Waals surface area contributed by atoms with Crippen LogP contribution in [0.4, 0.5) is 18.9 Å². The van der Waals surface area contributed by atoms with E-state index in [2.05, 4.69) is 10.3 Å². The second kappa shape index (κ2) is 5.31. The fourth-order valence-corrected chi connectivity index (χ4v) is 2.12. The van der Waals surface area contributed by atoms with Gasteiger partial charge in [-0.25, -0.2) is 0 Å². The summed E-state index contributed by atoms with van der Waals surface area (Å²) in [7, 11) is 0. The van der Waals surface area contributed by atoms with Gasteiger partial charge in [0.2, 0.25) is 0 Å². The molecule has 5 nitrogen and oxygen atoms in total.